The fraction of sp³-hybridized carbons (Fsp3) is 0. The average molecular weight is 612 g/mol. The lowest BCUT2D eigenvalue weighted by Crippen LogP contribution is -2.11. The van der Waals surface area contributed by atoms with Crippen LogP contribution in [-0.2, 0) is 0 Å². The van der Waals surface area contributed by atoms with Gasteiger partial charge in [-0.3, -0.25) is 0 Å². The number of benzene rings is 9. The summed E-state index contributed by atoms with van der Waals surface area (Å²) in [4.78, 5) is 2.42. The van der Waals surface area contributed by atoms with Crippen molar-refractivity contribution in [1.82, 2.24) is 0 Å². The zero-order valence-corrected chi connectivity index (χ0v) is 26.1. The van der Waals surface area contributed by atoms with Crippen LogP contribution in [0.1, 0.15) is 0 Å². The van der Waals surface area contributed by atoms with E-state index in [4.69, 9.17) is 4.42 Å². The number of anilines is 3. The lowest BCUT2D eigenvalue weighted by Gasteiger charge is -2.28. The predicted molar refractivity (Wildman–Crippen MR) is 204 cm³/mol. The quantitative estimate of drug-likeness (QED) is 0.184. The highest BCUT2D eigenvalue weighted by atomic mass is 16.3. The third-order valence-electron chi connectivity index (χ3n) is 9.79. The minimum atomic E-state index is 0.917. The predicted octanol–water partition coefficient (Wildman–Crippen LogP) is 13.3. The van der Waals surface area contributed by atoms with Crippen LogP contribution in [0, 0.1) is 0 Å². The van der Waals surface area contributed by atoms with Crippen molar-refractivity contribution in [3.8, 4) is 11.1 Å². The van der Waals surface area contributed by atoms with Crippen LogP contribution in [0.15, 0.2) is 180 Å². The van der Waals surface area contributed by atoms with E-state index in [1.165, 1.54) is 54.2 Å². The Bertz CT molecular complexity index is 2850. The first kappa shape index (κ1) is 26.8. The third kappa shape index (κ3) is 4.20. The Kier molecular flexibility index (Phi) is 5.91. The normalized spacial score (nSPS) is 11.8. The molecule has 10 aromatic rings. The van der Waals surface area contributed by atoms with Gasteiger partial charge in [-0.05, 0) is 97.2 Å². The zero-order valence-electron chi connectivity index (χ0n) is 26.1. The fourth-order valence-corrected chi connectivity index (χ4v) is 7.49. The van der Waals surface area contributed by atoms with E-state index in [0.717, 1.165) is 39.0 Å². The minimum Gasteiger partial charge on any atom is -0.456 e. The van der Waals surface area contributed by atoms with E-state index in [1.54, 1.807) is 0 Å². The van der Waals surface area contributed by atoms with Gasteiger partial charge in [-0.2, -0.15) is 0 Å². The van der Waals surface area contributed by atoms with Crippen LogP contribution in [0.2, 0.25) is 0 Å². The lowest BCUT2D eigenvalue weighted by molar-refractivity contribution is 0.669. The van der Waals surface area contributed by atoms with Crippen LogP contribution in [-0.4, -0.2) is 0 Å². The van der Waals surface area contributed by atoms with Crippen molar-refractivity contribution in [3.63, 3.8) is 0 Å². The van der Waals surface area contributed by atoms with Gasteiger partial charge in [0.15, 0.2) is 0 Å². The molecule has 48 heavy (non-hydrogen) atoms. The molecule has 0 aliphatic heterocycles. The molecule has 0 unspecified atom stereocenters. The lowest BCUT2D eigenvalue weighted by atomic mass is 9.97. The second kappa shape index (κ2) is 10.6. The van der Waals surface area contributed by atoms with Gasteiger partial charge in [0.1, 0.15) is 11.2 Å². The Morgan fingerprint density at radius 1 is 0.333 bits per heavy atom. The second-order valence-corrected chi connectivity index (χ2v) is 12.5. The maximum atomic E-state index is 6.26. The molecule has 0 amide bonds. The SMILES string of the molecule is c1ccc(-c2ccccc2N(c2ccc3ccc4ccccc4c3c2)c2ccc3ccc4cc5oc6ccccc6c5cc4c3c2)cc1. The van der Waals surface area contributed by atoms with Gasteiger partial charge in [-0.25, -0.2) is 0 Å². The van der Waals surface area contributed by atoms with Crippen LogP contribution >= 0.6 is 0 Å². The molecule has 0 fully saturated rings. The molecule has 10 rings (SSSR count). The number of hydrogen-bond donors (Lipinski definition) is 0. The smallest absolute Gasteiger partial charge is 0.136 e. The minimum absolute atomic E-state index is 0.917. The summed E-state index contributed by atoms with van der Waals surface area (Å²) in [6.45, 7) is 0. The molecule has 0 radical (unpaired) electrons. The Morgan fingerprint density at radius 3 is 1.69 bits per heavy atom. The number of rotatable bonds is 4. The monoisotopic (exact) mass is 611 g/mol. The highest BCUT2D eigenvalue weighted by molar-refractivity contribution is 6.17. The summed E-state index contributed by atoms with van der Waals surface area (Å²) in [6, 6.07) is 63.5. The van der Waals surface area contributed by atoms with Gasteiger partial charge in [-0.1, -0.05) is 127 Å². The topological polar surface area (TPSA) is 16.4 Å². The van der Waals surface area contributed by atoms with Crippen molar-refractivity contribution in [2.45, 2.75) is 0 Å². The fourth-order valence-electron chi connectivity index (χ4n) is 7.49. The van der Waals surface area contributed by atoms with E-state index in [-0.39, 0.29) is 0 Å². The maximum absolute atomic E-state index is 6.26. The molecule has 0 spiro atoms. The zero-order chi connectivity index (χ0) is 31.6. The molecule has 0 N–H and O–H groups in total. The van der Waals surface area contributed by atoms with Crippen molar-refractivity contribution >= 4 is 82.1 Å². The van der Waals surface area contributed by atoms with E-state index < -0.39 is 0 Å². The molecular formula is C46H29NO. The Balaban J connectivity index is 1.26. The summed E-state index contributed by atoms with van der Waals surface area (Å²) < 4.78 is 6.26. The standard InChI is InChI=1S/C46H29NO/c1-2-10-30(11-3-1)38-14-6-8-16-44(38)47(35-24-22-32-19-18-31-12-4-5-13-37(31)40(32)27-35)36-25-23-33-20-21-34-26-46-43(29-42(34)41(33)28-36)39-15-7-9-17-45(39)48-46/h1-29H. The molecular weight excluding hydrogens is 583 g/mol. The van der Waals surface area contributed by atoms with Gasteiger partial charge >= 0.3 is 0 Å². The Morgan fingerprint density at radius 2 is 0.896 bits per heavy atom. The van der Waals surface area contributed by atoms with Gasteiger partial charge < -0.3 is 9.32 Å². The molecule has 224 valence electrons. The van der Waals surface area contributed by atoms with E-state index in [9.17, 15) is 0 Å². The molecule has 0 aliphatic carbocycles. The van der Waals surface area contributed by atoms with Crippen molar-refractivity contribution in [2.24, 2.45) is 0 Å². The average Bonchev–Trinajstić information content (AvgIpc) is 3.52. The molecule has 1 aromatic heterocycles. The molecule has 0 bridgehead atoms. The molecule has 2 heteroatoms. The summed E-state index contributed by atoms with van der Waals surface area (Å²) in [5.74, 6) is 0. The van der Waals surface area contributed by atoms with Crippen molar-refractivity contribution in [2.75, 3.05) is 4.90 Å². The largest absolute Gasteiger partial charge is 0.456 e. The van der Waals surface area contributed by atoms with Crippen LogP contribution in [0.3, 0.4) is 0 Å². The van der Waals surface area contributed by atoms with E-state index in [0.29, 0.717) is 0 Å². The van der Waals surface area contributed by atoms with Crippen LogP contribution < -0.4 is 4.90 Å². The maximum Gasteiger partial charge on any atom is 0.136 e. The number of hydrogen-bond acceptors (Lipinski definition) is 2. The number of para-hydroxylation sites is 2. The van der Waals surface area contributed by atoms with Gasteiger partial charge in [0.25, 0.3) is 0 Å². The third-order valence-corrected chi connectivity index (χ3v) is 9.79. The van der Waals surface area contributed by atoms with E-state index in [1.807, 2.05) is 12.1 Å². The first-order valence-corrected chi connectivity index (χ1v) is 16.4. The number of fused-ring (bicyclic) bond motifs is 9. The van der Waals surface area contributed by atoms with Crippen LogP contribution in [0.4, 0.5) is 17.1 Å². The number of nitrogens with zero attached hydrogens (tertiary/aromatic N) is 1. The Hall–Kier alpha value is -6.38. The molecule has 0 atom stereocenters. The molecule has 2 nitrogen and oxygen atoms in total. The van der Waals surface area contributed by atoms with Gasteiger partial charge in [0, 0.05) is 27.7 Å². The molecule has 1 heterocycles. The van der Waals surface area contributed by atoms with Gasteiger partial charge in [0.2, 0.25) is 0 Å². The Labute approximate surface area is 277 Å². The molecule has 0 saturated heterocycles. The van der Waals surface area contributed by atoms with Gasteiger partial charge in [-0.15, -0.1) is 0 Å². The van der Waals surface area contributed by atoms with Crippen molar-refractivity contribution < 1.29 is 4.42 Å². The molecule has 0 saturated carbocycles. The molecule has 0 aliphatic rings. The summed E-state index contributed by atoms with van der Waals surface area (Å²) >= 11 is 0. The van der Waals surface area contributed by atoms with E-state index >= 15 is 0 Å². The van der Waals surface area contributed by atoms with E-state index in [2.05, 4.69) is 169 Å². The summed E-state index contributed by atoms with van der Waals surface area (Å²) in [5.41, 5.74) is 7.55. The molecule has 9 aromatic carbocycles. The first-order chi connectivity index (χ1) is 23.8. The van der Waals surface area contributed by atoms with Crippen LogP contribution in [0.25, 0.3) is 76.2 Å². The summed E-state index contributed by atoms with van der Waals surface area (Å²) in [7, 11) is 0. The summed E-state index contributed by atoms with van der Waals surface area (Å²) in [5, 5.41) is 12.1. The number of furan rings is 1. The van der Waals surface area contributed by atoms with Crippen molar-refractivity contribution in [1.29, 1.82) is 0 Å². The first-order valence-electron chi connectivity index (χ1n) is 16.4. The second-order valence-electron chi connectivity index (χ2n) is 12.5. The highest BCUT2D eigenvalue weighted by Crippen LogP contribution is 2.44. The van der Waals surface area contributed by atoms with Crippen molar-refractivity contribution in [3.05, 3.63) is 176 Å². The highest BCUT2D eigenvalue weighted by Gasteiger charge is 2.19. The van der Waals surface area contributed by atoms with Crippen LogP contribution in [0.5, 0.6) is 0 Å². The summed E-state index contributed by atoms with van der Waals surface area (Å²) in [6.07, 6.45) is 0. The van der Waals surface area contributed by atoms with Gasteiger partial charge in [0.05, 0.1) is 5.69 Å².